The third kappa shape index (κ3) is 2.37. The van der Waals surface area contributed by atoms with Crippen LogP contribution in [-0.4, -0.2) is 15.0 Å². The summed E-state index contributed by atoms with van der Waals surface area (Å²) in [5.41, 5.74) is 5.82. The molecular formula is C8H11ClN2O2S. The fourth-order valence-electron chi connectivity index (χ4n) is 0.948. The quantitative estimate of drug-likeness (QED) is 0.773. The van der Waals surface area contributed by atoms with Crippen LogP contribution in [0.1, 0.15) is 6.92 Å². The van der Waals surface area contributed by atoms with E-state index in [1.807, 2.05) is 0 Å². The first kappa shape index (κ1) is 11.3. The molecule has 0 aliphatic rings. The molecule has 6 heteroatoms. The average Bonchev–Trinajstić information content (AvgIpc) is 2.09. The third-order valence-corrected chi connectivity index (χ3v) is 3.49. The minimum Gasteiger partial charge on any atom is -0.398 e. The number of anilines is 1. The number of rotatable bonds is 3. The zero-order chi connectivity index (χ0) is 10.8. The average molecular weight is 235 g/mol. The van der Waals surface area contributed by atoms with E-state index in [0.29, 0.717) is 12.2 Å². The van der Waals surface area contributed by atoms with Crippen molar-refractivity contribution < 1.29 is 8.42 Å². The molecule has 1 aromatic rings. The van der Waals surface area contributed by atoms with Crippen molar-refractivity contribution in [1.82, 2.24) is 4.72 Å². The molecule has 0 unspecified atom stereocenters. The smallest absolute Gasteiger partial charge is 0.240 e. The Morgan fingerprint density at radius 2 is 2.14 bits per heavy atom. The van der Waals surface area contributed by atoms with Gasteiger partial charge in [-0.05, 0) is 18.2 Å². The molecule has 0 aromatic heterocycles. The summed E-state index contributed by atoms with van der Waals surface area (Å²) in [7, 11) is -3.44. The van der Waals surface area contributed by atoms with E-state index in [2.05, 4.69) is 4.72 Å². The van der Waals surface area contributed by atoms with Gasteiger partial charge in [-0.25, -0.2) is 13.1 Å². The van der Waals surface area contributed by atoms with Gasteiger partial charge in [-0.15, -0.1) is 0 Å². The van der Waals surface area contributed by atoms with E-state index in [-0.39, 0.29) is 9.92 Å². The molecule has 1 aromatic carbocycles. The van der Waals surface area contributed by atoms with E-state index in [1.54, 1.807) is 6.92 Å². The van der Waals surface area contributed by atoms with Gasteiger partial charge >= 0.3 is 0 Å². The number of halogens is 1. The number of hydrogen-bond donors (Lipinski definition) is 2. The van der Waals surface area contributed by atoms with Crippen LogP contribution in [0.2, 0.25) is 5.02 Å². The molecule has 0 saturated heterocycles. The van der Waals surface area contributed by atoms with Gasteiger partial charge in [0.2, 0.25) is 10.0 Å². The maximum Gasteiger partial charge on any atom is 0.240 e. The van der Waals surface area contributed by atoms with Crippen LogP contribution in [0.15, 0.2) is 23.1 Å². The highest BCUT2D eigenvalue weighted by molar-refractivity contribution is 7.89. The summed E-state index contributed by atoms with van der Waals surface area (Å²) in [6.45, 7) is 2.04. The number of sulfonamides is 1. The van der Waals surface area contributed by atoms with Gasteiger partial charge in [0.1, 0.15) is 0 Å². The monoisotopic (exact) mass is 234 g/mol. The summed E-state index contributed by atoms with van der Waals surface area (Å²) in [5.74, 6) is 0. The van der Waals surface area contributed by atoms with E-state index in [1.165, 1.54) is 18.2 Å². The first-order valence-electron chi connectivity index (χ1n) is 4.02. The zero-order valence-electron chi connectivity index (χ0n) is 7.62. The summed E-state index contributed by atoms with van der Waals surface area (Å²) in [5, 5.41) is 0.240. The first-order valence-corrected chi connectivity index (χ1v) is 5.88. The normalized spacial score (nSPS) is 11.6. The Morgan fingerprint density at radius 1 is 1.50 bits per heavy atom. The third-order valence-electron chi connectivity index (χ3n) is 1.62. The molecule has 0 amide bonds. The van der Waals surface area contributed by atoms with Crippen molar-refractivity contribution in [3.8, 4) is 0 Å². The van der Waals surface area contributed by atoms with E-state index in [9.17, 15) is 8.42 Å². The minimum atomic E-state index is -3.44. The van der Waals surface area contributed by atoms with Crippen LogP contribution in [0.25, 0.3) is 0 Å². The molecule has 0 aliphatic heterocycles. The van der Waals surface area contributed by atoms with Gasteiger partial charge in [0.05, 0.1) is 15.6 Å². The Kier molecular flexibility index (Phi) is 3.36. The van der Waals surface area contributed by atoms with Crippen LogP contribution in [0.3, 0.4) is 0 Å². The molecular weight excluding hydrogens is 224 g/mol. The Bertz CT molecular complexity index is 431. The lowest BCUT2D eigenvalue weighted by molar-refractivity contribution is 0.584. The minimum absolute atomic E-state index is 0.124. The molecule has 0 saturated carbocycles. The van der Waals surface area contributed by atoms with Crippen molar-refractivity contribution in [2.45, 2.75) is 11.8 Å². The van der Waals surface area contributed by atoms with Gasteiger partial charge in [0, 0.05) is 6.54 Å². The zero-order valence-corrected chi connectivity index (χ0v) is 9.19. The van der Waals surface area contributed by atoms with Crippen LogP contribution in [0.4, 0.5) is 5.69 Å². The largest absolute Gasteiger partial charge is 0.398 e. The van der Waals surface area contributed by atoms with Crippen molar-refractivity contribution in [1.29, 1.82) is 0 Å². The van der Waals surface area contributed by atoms with Crippen LogP contribution < -0.4 is 10.5 Å². The van der Waals surface area contributed by atoms with Crippen molar-refractivity contribution in [2.24, 2.45) is 0 Å². The molecule has 0 fully saturated rings. The summed E-state index contributed by atoms with van der Waals surface area (Å²) < 4.78 is 25.3. The number of benzene rings is 1. The summed E-state index contributed by atoms with van der Waals surface area (Å²) in [4.78, 5) is 0.124. The molecule has 0 bridgehead atoms. The molecule has 14 heavy (non-hydrogen) atoms. The Labute approximate surface area is 88.1 Å². The molecule has 0 heterocycles. The molecule has 0 spiro atoms. The van der Waals surface area contributed by atoms with Gasteiger partial charge in [-0.3, -0.25) is 0 Å². The molecule has 0 aliphatic carbocycles. The van der Waals surface area contributed by atoms with Crippen LogP contribution in [-0.2, 0) is 10.0 Å². The lowest BCUT2D eigenvalue weighted by Crippen LogP contribution is -2.23. The highest BCUT2D eigenvalue weighted by Crippen LogP contribution is 2.22. The second-order valence-corrected chi connectivity index (χ2v) is 4.86. The van der Waals surface area contributed by atoms with E-state index in [0.717, 1.165) is 0 Å². The molecule has 4 nitrogen and oxygen atoms in total. The van der Waals surface area contributed by atoms with Crippen molar-refractivity contribution in [3.63, 3.8) is 0 Å². The molecule has 0 atom stereocenters. The topological polar surface area (TPSA) is 72.2 Å². The van der Waals surface area contributed by atoms with E-state index >= 15 is 0 Å². The number of hydrogen-bond acceptors (Lipinski definition) is 3. The highest BCUT2D eigenvalue weighted by Gasteiger charge is 2.13. The van der Waals surface area contributed by atoms with Gasteiger partial charge in [-0.1, -0.05) is 18.5 Å². The van der Waals surface area contributed by atoms with Crippen molar-refractivity contribution >= 4 is 27.3 Å². The van der Waals surface area contributed by atoms with Gasteiger partial charge < -0.3 is 5.73 Å². The van der Waals surface area contributed by atoms with Crippen molar-refractivity contribution in [3.05, 3.63) is 23.2 Å². The lowest BCUT2D eigenvalue weighted by atomic mass is 10.3. The molecule has 78 valence electrons. The van der Waals surface area contributed by atoms with E-state index in [4.69, 9.17) is 17.3 Å². The van der Waals surface area contributed by atoms with E-state index < -0.39 is 10.0 Å². The van der Waals surface area contributed by atoms with Crippen molar-refractivity contribution in [2.75, 3.05) is 12.3 Å². The number of nitrogen functional groups attached to an aromatic ring is 1. The van der Waals surface area contributed by atoms with Gasteiger partial charge in [0.15, 0.2) is 0 Å². The standard InChI is InChI=1S/C8H11ClN2O2S/c1-2-11-14(12,13)6-3-4-8(10)7(9)5-6/h3-5,11H,2,10H2,1H3. The van der Waals surface area contributed by atoms with Crippen LogP contribution in [0.5, 0.6) is 0 Å². The number of nitrogens with two attached hydrogens (primary N) is 1. The lowest BCUT2D eigenvalue weighted by Gasteiger charge is -2.05. The predicted molar refractivity (Wildman–Crippen MR) is 56.7 cm³/mol. The number of nitrogens with one attached hydrogen (secondary N) is 1. The van der Waals surface area contributed by atoms with Gasteiger partial charge in [-0.2, -0.15) is 0 Å². The summed E-state index contributed by atoms with van der Waals surface area (Å²) in [6.07, 6.45) is 0. The summed E-state index contributed by atoms with van der Waals surface area (Å²) >= 11 is 5.70. The van der Waals surface area contributed by atoms with Crippen LogP contribution >= 0.6 is 11.6 Å². The molecule has 1 rings (SSSR count). The second kappa shape index (κ2) is 4.16. The summed E-state index contributed by atoms with van der Waals surface area (Å²) in [6, 6.07) is 4.21. The maximum absolute atomic E-state index is 11.5. The van der Waals surface area contributed by atoms with Crippen LogP contribution in [0, 0.1) is 0 Å². The fraction of sp³-hybridized carbons (Fsp3) is 0.250. The highest BCUT2D eigenvalue weighted by atomic mass is 35.5. The Morgan fingerprint density at radius 3 is 2.64 bits per heavy atom. The Balaban J connectivity index is 3.15. The predicted octanol–water partition coefficient (Wildman–Crippen LogP) is 1.22. The fourth-order valence-corrected chi connectivity index (χ4v) is 2.26. The van der Waals surface area contributed by atoms with Gasteiger partial charge in [0.25, 0.3) is 0 Å². The Hall–Kier alpha value is -0.780. The first-order chi connectivity index (χ1) is 6.47. The SMILES string of the molecule is CCNS(=O)(=O)c1ccc(N)c(Cl)c1. The second-order valence-electron chi connectivity index (χ2n) is 2.68. The molecule has 0 radical (unpaired) electrons. The maximum atomic E-state index is 11.5. The molecule has 3 N–H and O–H groups in total.